The standard InChI is InChI=1S/C24H42N2O3/c1-7-9-12-24(13-10-8-2)20(28-5)18-23(19-21(24)29-6)14-17-26(22(23)27)16-11-15-25(3)4/h18-19H,7-17H2,1-6H3. The first-order chi connectivity index (χ1) is 13.9. The van der Waals surface area contributed by atoms with Crippen LogP contribution in [-0.2, 0) is 14.3 Å². The summed E-state index contributed by atoms with van der Waals surface area (Å²) < 4.78 is 12.0. The van der Waals surface area contributed by atoms with Crippen molar-refractivity contribution in [1.29, 1.82) is 0 Å². The van der Waals surface area contributed by atoms with Crippen molar-refractivity contribution in [3.8, 4) is 0 Å². The van der Waals surface area contributed by atoms with Gasteiger partial charge in [-0.05, 0) is 58.5 Å². The molecule has 0 radical (unpaired) electrons. The molecule has 29 heavy (non-hydrogen) atoms. The van der Waals surface area contributed by atoms with Crippen molar-refractivity contribution in [2.45, 2.75) is 65.2 Å². The molecule has 5 nitrogen and oxygen atoms in total. The first-order valence-electron chi connectivity index (χ1n) is 11.4. The van der Waals surface area contributed by atoms with Crippen LogP contribution in [0.15, 0.2) is 23.7 Å². The molecule has 1 fully saturated rings. The molecule has 0 aromatic heterocycles. The van der Waals surface area contributed by atoms with E-state index < -0.39 is 5.41 Å². The number of hydrogen-bond donors (Lipinski definition) is 0. The number of carbonyl (C=O) groups is 1. The van der Waals surface area contributed by atoms with Gasteiger partial charge in [0.25, 0.3) is 0 Å². The van der Waals surface area contributed by atoms with Crippen LogP contribution in [0.3, 0.4) is 0 Å². The Bertz CT molecular complexity index is 577. The molecule has 0 aromatic rings. The van der Waals surface area contributed by atoms with Gasteiger partial charge >= 0.3 is 0 Å². The fourth-order valence-electron chi connectivity index (χ4n) is 4.87. The summed E-state index contributed by atoms with van der Waals surface area (Å²) >= 11 is 0. The Morgan fingerprint density at radius 1 is 1.00 bits per heavy atom. The molecule has 0 aromatic carbocycles. The smallest absolute Gasteiger partial charge is 0.236 e. The third-order valence-corrected chi connectivity index (χ3v) is 6.59. The Morgan fingerprint density at radius 3 is 2.00 bits per heavy atom. The summed E-state index contributed by atoms with van der Waals surface area (Å²) in [5.74, 6) is 2.06. The number of methoxy groups -OCH3 is 2. The molecule has 0 atom stereocenters. The fraction of sp³-hybridized carbons (Fsp3) is 0.792. The largest absolute Gasteiger partial charge is 0.500 e. The molecule has 5 heteroatoms. The van der Waals surface area contributed by atoms with E-state index in [2.05, 4.69) is 45.0 Å². The number of nitrogens with zero attached hydrogens (tertiary/aromatic N) is 2. The maximum atomic E-state index is 13.4. The van der Waals surface area contributed by atoms with E-state index in [1.165, 1.54) is 0 Å². The third kappa shape index (κ3) is 4.99. The number of likely N-dealkylation sites (tertiary alicyclic amines) is 1. The van der Waals surface area contributed by atoms with Gasteiger partial charge in [0.15, 0.2) is 0 Å². The van der Waals surface area contributed by atoms with Crippen molar-refractivity contribution in [2.24, 2.45) is 10.8 Å². The summed E-state index contributed by atoms with van der Waals surface area (Å²) in [7, 11) is 7.64. The summed E-state index contributed by atoms with van der Waals surface area (Å²) in [4.78, 5) is 17.6. The molecule has 1 spiro atoms. The third-order valence-electron chi connectivity index (χ3n) is 6.59. The molecule has 0 bridgehead atoms. The van der Waals surface area contributed by atoms with Gasteiger partial charge in [-0.3, -0.25) is 4.79 Å². The van der Waals surface area contributed by atoms with E-state index in [0.717, 1.165) is 82.5 Å². The first kappa shape index (κ1) is 23.8. The molecule has 0 unspecified atom stereocenters. The van der Waals surface area contributed by atoms with Crippen molar-refractivity contribution in [1.82, 2.24) is 9.80 Å². The van der Waals surface area contributed by atoms with E-state index in [1.54, 1.807) is 14.2 Å². The number of amides is 1. The normalized spacial score (nSPS) is 20.2. The Labute approximate surface area is 178 Å². The number of rotatable bonds is 12. The van der Waals surface area contributed by atoms with Crippen molar-refractivity contribution >= 4 is 5.91 Å². The molecule has 1 aliphatic carbocycles. The molecular formula is C24H42N2O3. The average molecular weight is 407 g/mol. The Kier molecular flexibility index (Phi) is 8.62. The summed E-state index contributed by atoms with van der Waals surface area (Å²) in [6, 6.07) is 0. The van der Waals surface area contributed by atoms with Crippen molar-refractivity contribution in [3.05, 3.63) is 23.7 Å². The lowest BCUT2D eigenvalue weighted by Gasteiger charge is -2.42. The van der Waals surface area contributed by atoms with Gasteiger partial charge < -0.3 is 19.3 Å². The zero-order valence-electron chi connectivity index (χ0n) is 19.6. The lowest BCUT2D eigenvalue weighted by molar-refractivity contribution is -0.132. The van der Waals surface area contributed by atoms with Crippen LogP contribution in [-0.4, -0.2) is 63.7 Å². The molecule has 166 valence electrons. The highest BCUT2D eigenvalue weighted by atomic mass is 16.5. The SMILES string of the molecule is CCCCC1(CCCC)C(OC)=CC2(C=C1OC)CCN(CCCN(C)C)C2=O. The molecule has 1 aliphatic heterocycles. The van der Waals surface area contributed by atoms with Crippen molar-refractivity contribution in [3.63, 3.8) is 0 Å². The predicted octanol–water partition coefficient (Wildman–Crippen LogP) is 4.60. The van der Waals surface area contributed by atoms with Gasteiger partial charge in [0.05, 0.1) is 25.0 Å². The zero-order chi connectivity index (χ0) is 21.5. The summed E-state index contributed by atoms with van der Waals surface area (Å²) in [5.41, 5.74) is -0.851. The number of ether oxygens (including phenoxy) is 2. The van der Waals surface area contributed by atoms with Crippen LogP contribution >= 0.6 is 0 Å². The maximum absolute atomic E-state index is 13.4. The van der Waals surface area contributed by atoms with E-state index in [0.29, 0.717) is 0 Å². The van der Waals surface area contributed by atoms with E-state index in [1.807, 2.05) is 4.90 Å². The van der Waals surface area contributed by atoms with Gasteiger partial charge in [0.2, 0.25) is 5.91 Å². The monoisotopic (exact) mass is 406 g/mol. The van der Waals surface area contributed by atoms with Gasteiger partial charge in [-0.1, -0.05) is 39.5 Å². The molecule has 0 saturated carbocycles. The van der Waals surface area contributed by atoms with Gasteiger partial charge in [0.1, 0.15) is 11.5 Å². The molecular weight excluding hydrogens is 364 g/mol. The van der Waals surface area contributed by atoms with Gasteiger partial charge in [-0.25, -0.2) is 0 Å². The highest BCUT2D eigenvalue weighted by Gasteiger charge is 2.52. The summed E-state index contributed by atoms with van der Waals surface area (Å²) in [5, 5.41) is 0. The highest BCUT2D eigenvalue weighted by molar-refractivity contribution is 5.89. The van der Waals surface area contributed by atoms with Crippen LogP contribution in [0.1, 0.15) is 65.2 Å². The lowest BCUT2D eigenvalue weighted by atomic mass is 9.66. The zero-order valence-corrected chi connectivity index (χ0v) is 19.6. The second-order valence-electron chi connectivity index (χ2n) is 8.95. The minimum Gasteiger partial charge on any atom is -0.500 e. The molecule has 1 saturated heterocycles. The van der Waals surface area contributed by atoms with E-state index >= 15 is 0 Å². The highest BCUT2D eigenvalue weighted by Crippen LogP contribution is 2.53. The molecule has 2 aliphatic rings. The van der Waals surface area contributed by atoms with Crippen molar-refractivity contribution < 1.29 is 14.3 Å². The summed E-state index contributed by atoms with van der Waals surface area (Å²) in [6.45, 7) is 7.03. The van der Waals surface area contributed by atoms with Crippen LogP contribution in [0, 0.1) is 10.8 Å². The topological polar surface area (TPSA) is 42.0 Å². The van der Waals surface area contributed by atoms with Gasteiger partial charge in [-0.2, -0.15) is 0 Å². The van der Waals surface area contributed by atoms with Crippen LogP contribution in [0.2, 0.25) is 0 Å². The van der Waals surface area contributed by atoms with Gasteiger partial charge in [-0.15, -0.1) is 0 Å². The quantitative estimate of drug-likeness (QED) is 0.475. The van der Waals surface area contributed by atoms with Gasteiger partial charge in [0, 0.05) is 13.1 Å². The van der Waals surface area contributed by atoms with Crippen LogP contribution in [0.5, 0.6) is 0 Å². The molecule has 1 amide bonds. The number of unbranched alkanes of at least 4 members (excludes halogenated alkanes) is 2. The minimum atomic E-state index is -0.614. The number of carbonyl (C=O) groups excluding carboxylic acids is 1. The Hall–Kier alpha value is -1.49. The fourth-order valence-corrected chi connectivity index (χ4v) is 4.87. The van der Waals surface area contributed by atoms with Crippen molar-refractivity contribution in [2.75, 3.05) is 47.9 Å². The van der Waals surface area contributed by atoms with Crippen LogP contribution in [0.4, 0.5) is 0 Å². The van der Waals surface area contributed by atoms with Crippen LogP contribution < -0.4 is 0 Å². The average Bonchev–Trinajstić information content (AvgIpc) is 3.00. The first-order valence-corrected chi connectivity index (χ1v) is 11.4. The van der Waals surface area contributed by atoms with E-state index in [9.17, 15) is 4.79 Å². The minimum absolute atomic E-state index is 0.194. The second kappa shape index (κ2) is 10.5. The predicted molar refractivity (Wildman–Crippen MR) is 118 cm³/mol. The Balaban J connectivity index is 2.34. The summed E-state index contributed by atoms with van der Waals surface area (Å²) in [6.07, 6.45) is 12.5. The lowest BCUT2D eigenvalue weighted by Crippen LogP contribution is -2.40. The maximum Gasteiger partial charge on any atom is 0.236 e. The number of hydrogen-bond acceptors (Lipinski definition) is 4. The van der Waals surface area contributed by atoms with E-state index in [-0.39, 0.29) is 11.3 Å². The second-order valence-corrected chi connectivity index (χ2v) is 8.95. The van der Waals surface area contributed by atoms with E-state index in [4.69, 9.17) is 9.47 Å². The molecule has 1 heterocycles. The Morgan fingerprint density at radius 2 is 1.55 bits per heavy atom. The van der Waals surface area contributed by atoms with Crippen LogP contribution in [0.25, 0.3) is 0 Å². The molecule has 0 N–H and O–H groups in total. The molecule has 2 rings (SSSR count).